The predicted octanol–water partition coefficient (Wildman–Crippen LogP) is 1.01. The van der Waals surface area contributed by atoms with E-state index in [9.17, 15) is 9.90 Å². The number of nitrogens with two attached hydrogens (primary N) is 1. The number of hydrogen-bond donors (Lipinski definition) is 3. The van der Waals surface area contributed by atoms with E-state index in [1.165, 1.54) is 0 Å². The van der Waals surface area contributed by atoms with Gasteiger partial charge in [0, 0.05) is 24.7 Å². The molecule has 9 heteroatoms. The summed E-state index contributed by atoms with van der Waals surface area (Å²) in [6.45, 7) is 4.81. The zero-order valence-electron chi connectivity index (χ0n) is 14.4. The molecular weight excluding hydrogens is 324 g/mol. The molecule has 0 aliphatic rings. The highest BCUT2D eigenvalue weighted by molar-refractivity contribution is 5.71. The number of ether oxygens (including phenoxy) is 1. The minimum absolute atomic E-state index is 0.240. The number of carboxylic acids is 1. The smallest absolute Gasteiger partial charge is 0.307 e. The molecule has 2 aromatic heterocycles. The molecule has 4 N–H and O–H groups in total. The number of rotatable bonds is 10. The highest BCUT2D eigenvalue weighted by atomic mass is 16.5. The summed E-state index contributed by atoms with van der Waals surface area (Å²) in [7, 11) is 0. The van der Waals surface area contributed by atoms with Crippen LogP contribution in [0.2, 0.25) is 0 Å². The number of tetrazole rings is 1. The lowest BCUT2D eigenvalue weighted by Crippen LogP contribution is -2.26. The van der Waals surface area contributed by atoms with E-state index in [2.05, 4.69) is 25.6 Å². The number of H-pyrrole nitrogens is 1. The first kappa shape index (κ1) is 18.8. The highest BCUT2D eigenvalue weighted by Gasteiger charge is 2.32. The van der Waals surface area contributed by atoms with E-state index in [0.717, 1.165) is 5.56 Å². The molecule has 0 radical (unpaired) electrons. The molecule has 0 saturated heterocycles. The molecule has 0 bridgehead atoms. The molecule has 9 nitrogen and oxygen atoms in total. The second kappa shape index (κ2) is 9.07. The fourth-order valence-corrected chi connectivity index (χ4v) is 2.73. The van der Waals surface area contributed by atoms with Gasteiger partial charge in [0.1, 0.15) is 6.61 Å². The first-order valence-electron chi connectivity index (χ1n) is 8.25. The Morgan fingerprint density at radius 2 is 2.20 bits per heavy atom. The van der Waals surface area contributed by atoms with Crippen molar-refractivity contribution in [1.29, 1.82) is 0 Å². The summed E-state index contributed by atoms with van der Waals surface area (Å²) in [4.78, 5) is 16.0. The van der Waals surface area contributed by atoms with Crippen molar-refractivity contribution in [3.8, 4) is 5.88 Å². The second-order valence-corrected chi connectivity index (χ2v) is 6.31. The summed E-state index contributed by atoms with van der Waals surface area (Å²) in [6, 6.07) is 3.61. The fraction of sp³-hybridized carbons (Fsp3) is 0.562. The van der Waals surface area contributed by atoms with E-state index >= 15 is 0 Å². The van der Waals surface area contributed by atoms with Crippen LogP contribution in [0.3, 0.4) is 0 Å². The lowest BCUT2D eigenvalue weighted by molar-refractivity contribution is -0.143. The maximum atomic E-state index is 11.8. The number of aromatic amines is 1. The Kier molecular flexibility index (Phi) is 6.81. The van der Waals surface area contributed by atoms with Crippen LogP contribution in [-0.2, 0) is 11.2 Å². The number of carboxylic acid groups (broad SMARTS) is 1. The molecule has 0 aliphatic carbocycles. The Morgan fingerprint density at radius 3 is 2.72 bits per heavy atom. The first-order chi connectivity index (χ1) is 12.0. The molecule has 136 valence electrons. The Morgan fingerprint density at radius 1 is 1.40 bits per heavy atom. The van der Waals surface area contributed by atoms with Crippen LogP contribution < -0.4 is 10.5 Å². The number of pyridine rings is 1. The third-order valence-corrected chi connectivity index (χ3v) is 3.86. The van der Waals surface area contributed by atoms with Gasteiger partial charge in [-0.25, -0.2) is 10.1 Å². The topological polar surface area (TPSA) is 140 Å². The molecule has 0 aromatic carbocycles. The van der Waals surface area contributed by atoms with Crippen molar-refractivity contribution in [3.05, 3.63) is 29.7 Å². The van der Waals surface area contributed by atoms with Crippen molar-refractivity contribution in [3.63, 3.8) is 0 Å². The maximum Gasteiger partial charge on any atom is 0.307 e. The number of aromatic nitrogens is 5. The summed E-state index contributed by atoms with van der Waals surface area (Å²) in [5, 5.41) is 23.5. The fourth-order valence-electron chi connectivity index (χ4n) is 2.73. The van der Waals surface area contributed by atoms with Crippen LogP contribution in [0.25, 0.3) is 0 Å². The van der Waals surface area contributed by atoms with Gasteiger partial charge in [-0.3, -0.25) is 4.79 Å². The Bertz CT molecular complexity index is 644. The lowest BCUT2D eigenvalue weighted by atomic mass is 9.81. The molecule has 25 heavy (non-hydrogen) atoms. The molecule has 0 aliphatic heterocycles. The number of hydrogen-bond acceptors (Lipinski definition) is 7. The number of aliphatic carboxylic acids is 1. The third kappa shape index (κ3) is 5.49. The van der Waals surface area contributed by atoms with Crippen LogP contribution in [0.1, 0.15) is 37.6 Å². The van der Waals surface area contributed by atoms with Crippen LogP contribution in [0.4, 0.5) is 0 Å². The molecule has 2 heterocycles. The molecular formula is C16H24N6O3. The zero-order valence-corrected chi connectivity index (χ0v) is 14.4. The average molecular weight is 348 g/mol. The predicted molar refractivity (Wildman–Crippen MR) is 90.0 cm³/mol. The molecule has 0 unspecified atom stereocenters. The average Bonchev–Trinajstić information content (AvgIpc) is 3.11. The highest BCUT2D eigenvalue weighted by Crippen LogP contribution is 2.31. The molecule has 2 atom stereocenters. The molecule has 0 fully saturated rings. The van der Waals surface area contributed by atoms with Gasteiger partial charge in [-0.1, -0.05) is 19.9 Å². The normalized spacial score (nSPS) is 13.6. The van der Waals surface area contributed by atoms with Gasteiger partial charge in [-0.05, 0) is 34.7 Å². The van der Waals surface area contributed by atoms with Crippen LogP contribution in [0.5, 0.6) is 5.88 Å². The molecule has 0 saturated carbocycles. The molecule has 2 aromatic rings. The first-order valence-corrected chi connectivity index (χ1v) is 8.25. The number of nitrogens with one attached hydrogen (secondary N) is 1. The van der Waals surface area contributed by atoms with E-state index in [0.29, 0.717) is 37.7 Å². The molecule has 0 amide bonds. The van der Waals surface area contributed by atoms with Crippen molar-refractivity contribution in [1.82, 2.24) is 25.6 Å². The van der Waals surface area contributed by atoms with Crippen LogP contribution in [0.15, 0.2) is 18.3 Å². The van der Waals surface area contributed by atoms with Crippen LogP contribution >= 0.6 is 0 Å². The monoisotopic (exact) mass is 348 g/mol. The largest absolute Gasteiger partial charge is 0.481 e. The van der Waals surface area contributed by atoms with Crippen molar-refractivity contribution in [2.75, 3.05) is 13.2 Å². The van der Waals surface area contributed by atoms with E-state index < -0.39 is 11.9 Å². The molecule has 2 rings (SSSR count). The minimum Gasteiger partial charge on any atom is -0.481 e. The van der Waals surface area contributed by atoms with Crippen LogP contribution in [-0.4, -0.2) is 49.8 Å². The van der Waals surface area contributed by atoms with E-state index in [-0.39, 0.29) is 11.8 Å². The van der Waals surface area contributed by atoms with Gasteiger partial charge in [0.25, 0.3) is 0 Å². The van der Waals surface area contributed by atoms with Gasteiger partial charge in [-0.2, -0.15) is 0 Å². The van der Waals surface area contributed by atoms with Gasteiger partial charge in [-0.15, -0.1) is 5.10 Å². The summed E-state index contributed by atoms with van der Waals surface area (Å²) < 4.78 is 5.36. The maximum absolute atomic E-state index is 11.8. The lowest BCUT2D eigenvalue weighted by Gasteiger charge is -2.23. The third-order valence-electron chi connectivity index (χ3n) is 3.86. The van der Waals surface area contributed by atoms with Gasteiger partial charge in [0.2, 0.25) is 5.88 Å². The van der Waals surface area contributed by atoms with Crippen LogP contribution in [0, 0.1) is 11.8 Å². The minimum atomic E-state index is -0.856. The van der Waals surface area contributed by atoms with Gasteiger partial charge >= 0.3 is 5.97 Å². The molecule has 0 spiro atoms. The summed E-state index contributed by atoms with van der Waals surface area (Å²) in [5.74, 6) is -0.619. The second-order valence-electron chi connectivity index (χ2n) is 6.31. The Balaban J connectivity index is 2.20. The standard InChI is InChI=1S/C16H24N6O3/c1-10(2)7-13(16(23)24)12(15-19-21-22-20-15)8-11-3-4-14(18-9-11)25-6-5-17/h3-4,9-10,12-13H,5-8,17H2,1-2H3,(H,23,24)(H,19,20,21,22)/t12-,13-/m0/s1. The number of nitrogens with zero attached hydrogens (tertiary/aromatic N) is 4. The number of carbonyl (C=O) groups is 1. The van der Waals surface area contributed by atoms with Crippen molar-refractivity contribution >= 4 is 5.97 Å². The van der Waals surface area contributed by atoms with Gasteiger partial charge < -0.3 is 15.6 Å². The Hall–Kier alpha value is -2.55. The van der Waals surface area contributed by atoms with E-state index in [1.54, 1.807) is 12.3 Å². The quantitative estimate of drug-likeness (QED) is 0.578. The SMILES string of the molecule is CC(C)C[C@H](C(=O)O)[C@H](Cc1ccc(OCCN)nc1)c1nnn[nH]1. The van der Waals surface area contributed by atoms with Gasteiger partial charge in [0.15, 0.2) is 5.82 Å². The van der Waals surface area contributed by atoms with E-state index in [1.807, 2.05) is 19.9 Å². The summed E-state index contributed by atoms with van der Waals surface area (Å²) in [6.07, 6.45) is 2.67. The zero-order chi connectivity index (χ0) is 18.2. The van der Waals surface area contributed by atoms with Gasteiger partial charge in [0.05, 0.1) is 5.92 Å². The van der Waals surface area contributed by atoms with Crippen molar-refractivity contribution in [2.24, 2.45) is 17.6 Å². The Labute approximate surface area is 146 Å². The van der Waals surface area contributed by atoms with E-state index in [4.69, 9.17) is 10.5 Å². The summed E-state index contributed by atoms with van der Waals surface area (Å²) in [5.41, 5.74) is 6.28. The van der Waals surface area contributed by atoms with Crippen molar-refractivity contribution in [2.45, 2.75) is 32.6 Å². The summed E-state index contributed by atoms with van der Waals surface area (Å²) >= 11 is 0. The van der Waals surface area contributed by atoms with Crippen molar-refractivity contribution < 1.29 is 14.6 Å².